The number of nitrogens with zero attached hydrogens (tertiary/aromatic N) is 1. The summed E-state index contributed by atoms with van der Waals surface area (Å²) in [6.07, 6.45) is 1.25. The minimum Gasteiger partial charge on any atom is -0.492 e. The number of hydrogen-bond donors (Lipinski definition) is 3. The van der Waals surface area contributed by atoms with Gasteiger partial charge in [0, 0.05) is 17.8 Å². The number of hydrogen-bond acceptors (Lipinski definition) is 3. The first-order valence-electron chi connectivity index (χ1n) is 8.71. The SMILES string of the molecule is Cc1ccc(NC(N)=NCCOc2ccc3c(c2)CCC(=O)N3)cc1C. The van der Waals surface area contributed by atoms with E-state index in [9.17, 15) is 4.79 Å². The van der Waals surface area contributed by atoms with Crippen molar-refractivity contribution in [2.45, 2.75) is 26.7 Å². The molecule has 0 radical (unpaired) electrons. The van der Waals surface area contributed by atoms with Crippen LogP contribution in [0.1, 0.15) is 23.1 Å². The Morgan fingerprint density at radius 2 is 2.04 bits per heavy atom. The number of anilines is 2. The standard InChI is InChI=1S/C20H24N4O2/c1-13-3-5-16(11-14(13)2)23-20(21)22-9-10-26-17-6-7-18-15(12-17)4-8-19(25)24-18/h3,5-7,11-12H,4,8-10H2,1-2H3,(H,24,25)(H3,21,22,23). The Morgan fingerprint density at radius 1 is 1.19 bits per heavy atom. The summed E-state index contributed by atoms with van der Waals surface area (Å²) in [4.78, 5) is 15.7. The Balaban J connectivity index is 1.49. The molecule has 6 nitrogen and oxygen atoms in total. The van der Waals surface area contributed by atoms with Gasteiger partial charge in [0.15, 0.2) is 5.96 Å². The van der Waals surface area contributed by atoms with Crippen LogP contribution in [-0.2, 0) is 11.2 Å². The zero-order valence-corrected chi connectivity index (χ0v) is 15.1. The van der Waals surface area contributed by atoms with E-state index < -0.39 is 0 Å². The highest BCUT2D eigenvalue weighted by atomic mass is 16.5. The van der Waals surface area contributed by atoms with E-state index in [1.807, 2.05) is 36.4 Å². The van der Waals surface area contributed by atoms with Crippen LogP contribution in [0.4, 0.5) is 11.4 Å². The summed E-state index contributed by atoms with van der Waals surface area (Å²) in [6, 6.07) is 11.8. The minimum absolute atomic E-state index is 0.0623. The zero-order chi connectivity index (χ0) is 18.5. The van der Waals surface area contributed by atoms with Gasteiger partial charge in [0.2, 0.25) is 5.91 Å². The predicted molar refractivity (Wildman–Crippen MR) is 105 cm³/mol. The van der Waals surface area contributed by atoms with E-state index in [2.05, 4.69) is 29.5 Å². The van der Waals surface area contributed by atoms with Gasteiger partial charge < -0.3 is 21.1 Å². The lowest BCUT2D eigenvalue weighted by atomic mass is 10.0. The summed E-state index contributed by atoms with van der Waals surface area (Å²) >= 11 is 0. The molecule has 0 saturated heterocycles. The van der Waals surface area contributed by atoms with Gasteiger partial charge >= 0.3 is 0 Å². The molecule has 0 spiro atoms. The fraction of sp³-hybridized carbons (Fsp3) is 0.300. The maximum atomic E-state index is 11.4. The fourth-order valence-corrected chi connectivity index (χ4v) is 2.79. The molecule has 1 heterocycles. The highest BCUT2D eigenvalue weighted by Crippen LogP contribution is 2.26. The van der Waals surface area contributed by atoms with Crippen LogP contribution in [-0.4, -0.2) is 25.0 Å². The van der Waals surface area contributed by atoms with Crippen LogP contribution >= 0.6 is 0 Å². The number of carbonyl (C=O) groups is 1. The molecular weight excluding hydrogens is 328 g/mol. The molecule has 1 amide bonds. The van der Waals surface area contributed by atoms with E-state index in [1.165, 1.54) is 11.1 Å². The van der Waals surface area contributed by atoms with Crippen LogP contribution in [0.15, 0.2) is 41.4 Å². The third-order valence-corrected chi connectivity index (χ3v) is 4.39. The fourth-order valence-electron chi connectivity index (χ4n) is 2.79. The molecule has 26 heavy (non-hydrogen) atoms. The molecule has 0 unspecified atom stereocenters. The molecule has 0 fully saturated rings. The van der Waals surface area contributed by atoms with Crippen molar-refractivity contribution in [2.75, 3.05) is 23.8 Å². The highest BCUT2D eigenvalue weighted by Gasteiger charge is 2.14. The van der Waals surface area contributed by atoms with Gasteiger partial charge in [0.05, 0.1) is 6.54 Å². The van der Waals surface area contributed by atoms with Crippen LogP contribution < -0.4 is 21.1 Å². The van der Waals surface area contributed by atoms with Gasteiger partial charge in [-0.15, -0.1) is 0 Å². The first-order valence-corrected chi connectivity index (χ1v) is 8.71. The Kier molecular flexibility index (Phi) is 5.41. The average Bonchev–Trinajstić information content (AvgIpc) is 2.62. The lowest BCUT2D eigenvalue weighted by Crippen LogP contribution is -2.23. The second kappa shape index (κ2) is 7.91. The number of guanidine groups is 1. The van der Waals surface area contributed by atoms with Gasteiger partial charge in [-0.25, -0.2) is 4.99 Å². The lowest BCUT2D eigenvalue weighted by molar-refractivity contribution is -0.116. The topological polar surface area (TPSA) is 88.7 Å². The molecule has 0 aromatic heterocycles. The van der Waals surface area contributed by atoms with Gasteiger partial charge in [-0.05, 0) is 67.3 Å². The summed E-state index contributed by atoms with van der Waals surface area (Å²) in [7, 11) is 0. The van der Waals surface area contributed by atoms with Crippen LogP contribution in [0.3, 0.4) is 0 Å². The third-order valence-electron chi connectivity index (χ3n) is 4.39. The molecule has 136 valence electrons. The van der Waals surface area contributed by atoms with Crippen LogP contribution in [0.5, 0.6) is 5.75 Å². The molecule has 0 saturated carbocycles. The number of carbonyl (C=O) groups excluding carboxylic acids is 1. The first kappa shape index (κ1) is 17.8. The number of ether oxygens (including phenoxy) is 1. The lowest BCUT2D eigenvalue weighted by Gasteiger charge is -2.17. The first-order chi connectivity index (χ1) is 12.5. The van der Waals surface area contributed by atoms with Crippen LogP contribution in [0, 0.1) is 13.8 Å². The van der Waals surface area contributed by atoms with Crippen molar-refractivity contribution in [3.63, 3.8) is 0 Å². The number of benzene rings is 2. The maximum Gasteiger partial charge on any atom is 0.224 e. The second-order valence-corrected chi connectivity index (χ2v) is 6.41. The van der Waals surface area contributed by atoms with Crippen molar-refractivity contribution < 1.29 is 9.53 Å². The molecule has 6 heteroatoms. The molecule has 0 bridgehead atoms. The van der Waals surface area contributed by atoms with E-state index in [-0.39, 0.29) is 5.91 Å². The van der Waals surface area contributed by atoms with Crippen molar-refractivity contribution in [1.29, 1.82) is 0 Å². The van der Waals surface area contributed by atoms with Crippen molar-refractivity contribution in [2.24, 2.45) is 10.7 Å². The van der Waals surface area contributed by atoms with Gasteiger partial charge in [0.25, 0.3) is 0 Å². The van der Waals surface area contributed by atoms with Gasteiger partial charge in [0.1, 0.15) is 12.4 Å². The molecule has 3 rings (SSSR count). The van der Waals surface area contributed by atoms with Gasteiger partial charge in [-0.3, -0.25) is 4.79 Å². The number of rotatable bonds is 5. The quantitative estimate of drug-likeness (QED) is 0.438. The van der Waals surface area contributed by atoms with Crippen LogP contribution in [0.2, 0.25) is 0 Å². The van der Waals surface area contributed by atoms with E-state index in [1.54, 1.807) is 0 Å². The second-order valence-electron chi connectivity index (χ2n) is 6.41. The summed E-state index contributed by atoms with van der Waals surface area (Å²) < 4.78 is 5.73. The Morgan fingerprint density at radius 3 is 2.85 bits per heavy atom. The smallest absolute Gasteiger partial charge is 0.224 e. The molecule has 1 aliphatic rings. The normalized spacial score (nSPS) is 13.8. The molecule has 1 aliphatic heterocycles. The molecule has 2 aromatic rings. The number of fused-ring (bicyclic) bond motifs is 1. The predicted octanol–water partition coefficient (Wildman–Crippen LogP) is 2.99. The summed E-state index contributed by atoms with van der Waals surface area (Å²) in [5.74, 6) is 1.20. The summed E-state index contributed by atoms with van der Waals surface area (Å²) in [5, 5.41) is 5.94. The van der Waals surface area contributed by atoms with E-state index in [4.69, 9.17) is 10.5 Å². The molecular formula is C20H24N4O2. The zero-order valence-electron chi connectivity index (χ0n) is 15.1. The van der Waals surface area contributed by atoms with Crippen molar-refractivity contribution in [3.8, 4) is 5.75 Å². The van der Waals surface area contributed by atoms with Crippen LogP contribution in [0.25, 0.3) is 0 Å². The number of aryl methyl sites for hydroxylation is 3. The maximum absolute atomic E-state index is 11.4. The molecule has 4 N–H and O–H groups in total. The van der Waals surface area contributed by atoms with E-state index in [0.717, 1.165) is 29.1 Å². The number of amides is 1. The third kappa shape index (κ3) is 4.53. The number of nitrogens with two attached hydrogens (primary N) is 1. The van der Waals surface area contributed by atoms with Gasteiger partial charge in [-0.1, -0.05) is 6.07 Å². The molecule has 0 aliphatic carbocycles. The van der Waals surface area contributed by atoms with Crippen molar-refractivity contribution in [3.05, 3.63) is 53.1 Å². The Labute approximate surface area is 153 Å². The summed E-state index contributed by atoms with van der Waals surface area (Å²) in [5.41, 5.74) is 11.3. The average molecular weight is 352 g/mol. The Bertz CT molecular complexity index is 846. The number of nitrogens with one attached hydrogen (secondary N) is 2. The number of aliphatic imine (C=N–C) groups is 1. The summed E-state index contributed by atoms with van der Waals surface area (Å²) in [6.45, 7) is 5.02. The minimum atomic E-state index is 0.0623. The van der Waals surface area contributed by atoms with Gasteiger partial charge in [-0.2, -0.15) is 0 Å². The largest absolute Gasteiger partial charge is 0.492 e. The van der Waals surface area contributed by atoms with Crippen molar-refractivity contribution in [1.82, 2.24) is 0 Å². The van der Waals surface area contributed by atoms with E-state index >= 15 is 0 Å². The highest BCUT2D eigenvalue weighted by molar-refractivity contribution is 5.94. The molecule has 0 atom stereocenters. The van der Waals surface area contributed by atoms with E-state index in [0.29, 0.717) is 25.5 Å². The molecule has 2 aromatic carbocycles. The van der Waals surface area contributed by atoms with Crippen molar-refractivity contribution >= 4 is 23.2 Å². The monoisotopic (exact) mass is 352 g/mol. The Hall–Kier alpha value is -3.02.